The fourth-order valence-corrected chi connectivity index (χ4v) is 1.26. The summed E-state index contributed by atoms with van der Waals surface area (Å²) in [7, 11) is 0. The number of hydrogen-bond acceptors (Lipinski definition) is 4. The van der Waals surface area contributed by atoms with Gasteiger partial charge in [-0.1, -0.05) is 13.2 Å². The first kappa shape index (κ1) is 14.4. The van der Waals surface area contributed by atoms with Crippen LogP contribution in [-0.4, -0.2) is 16.7 Å². The molecule has 0 unspecified atom stereocenters. The van der Waals surface area contributed by atoms with E-state index in [1.807, 2.05) is 6.07 Å². The van der Waals surface area contributed by atoms with E-state index in [-0.39, 0.29) is 16.9 Å². The molecule has 0 amide bonds. The van der Waals surface area contributed by atoms with E-state index >= 15 is 0 Å². The van der Waals surface area contributed by atoms with Crippen molar-refractivity contribution < 1.29 is 13.9 Å². The Bertz CT molecular complexity index is 600. The molecule has 0 saturated heterocycles. The van der Waals surface area contributed by atoms with Crippen molar-refractivity contribution in [1.82, 2.24) is 0 Å². The van der Waals surface area contributed by atoms with Gasteiger partial charge >= 0.3 is 5.92 Å². The van der Waals surface area contributed by atoms with E-state index < -0.39 is 17.4 Å². The van der Waals surface area contributed by atoms with Crippen molar-refractivity contribution in [1.29, 1.82) is 5.26 Å². The minimum Gasteiger partial charge on any atom is -0.506 e. The van der Waals surface area contributed by atoms with Crippen molar-refractivity contribution in [3.05, 3.63) is 48.8 Å². The van der Waals surface area contributed by atoms with E-state index in [0.717, 1.165) is 0 Å². The first-order valence-corrected chi connectivity index (χ1v) is 5.10. The van der Waals surface area contributed by atoms with E-state index in [4.69, 9.17) is 11.0 Å². The largest absolute Gasteiger partial charge is 0.506 e. The number of aliphatic imine (C=N–C) groups is 1. The number of benzene rings is 1. The first-order chi connectivity index (χ1) is 8.81. The Kier molecular flexibility index (Phi) is 4.02. The lowest BCUT2D eigenvalue weighted by molar-refractivity contribution is 0.132. The summed E-state index contributed by atoms with van der Waals surface area (Å²) in [6.07, 6.45) is 0.331. The Hall–Kier alpha value is -2.68. The number of halogens is 2. The van der Waals surface area contributed by atoms with Gasteiger partial charge in [-0.25, -0.2) is 4.99 Å². The summed E-state index contributed by atoms with van der Waals surface area (Å²) >= 11 is 0. The molecule has 0 bridgehead atoms. The van der Waals surface area contributed by atoms with Crippen molar-refractivity contribution in [2.24, 2.45) is 4.99 Å². The summed E-state index contributed by atoms with van der Waals surface area (Å²) in [6, 6.07) is 5.85. The summed E-state index contributed by atoms with van der Waals surface area (Å²) in [5.74, 6) is -4.45. The van der Waals surface area contributed by atoms with Gasteiger partial charge in [0.05, 0.1) is 23.0 Å². The lowest BCUT2D eigenvalue weighted by atomic mass is 10.1. The maximum Gasteiger partial charge on any atom is 0.311 e. The number of nitrogen functional groups attached to an aromatic ring is 1. The molecule has 0 saturated carbocycles. The number of allylic oxidation sites excluding steroid dienone is 2. The van der Waals surface area contributed by atoms with Gasteiger partial charge in [-0.3, -0.25) is 0 Å². The number of alkyl halides is 2. The van der Waals surface area contributed by atoms with Gasteiger partial charge in [0.15, 0.2) is 5.71 Å². The number of hydrogen-bond donors (Lipinski definition) is 2. The van der Waals surface area contributed by atoms with Gasteiger partial charge in [0.2, 0.25) is 0 Å². The number of rotatable bonds is 4. The molecule has 0 fully saturated rings. The molecular formula is C13H11F2N3O. The number of anilines is 1. The van der Waals surface area contributed by atoms with Gasteiger partial charge in [-0.2, -0.15) is 14.0 Å². The summed E-state index contributed by atoms with van der Waals surface area (Å²) in [5.41, 5.74) is 4.86. The normalized spacial score (nSPS) is 11.7. The summed E-state index contributed by atoms with van der Waals surface area (Å²) in [6.45, 7) is 6.00. The van der Waals surface area contributed by atoms with Crippen LogP contribution >= 0.6 is 0 Å². The summed E-state index contributed by atoms with van der Waals surface area (Å²) in [5, 5.41) is 17.9. The number of aliphatic hydroxyl groups is 1. The smallest absolute Gasteiger partial charge is 0.311 e. The highest BCUT2D eigenvalue weighted by Crippen LogP contribution is 2.28. The molecule has 0 aliphatic rings. The number of nitrogens with zero attached hydrogens (tertiary/aromatic N) is 2. The highest BCUT2D eigenvalue weighted by atomic mass is 19.3. The molecule has 0 heterocycles. The maximum atomic E-state index is 13.5. The molecular weight excluding hydrogens is 252 g/mol. The van der Waals surface area contributed by atoms with Gasteiger partial charge in [-0.05, 0) is 24.3 Å². The van der Waals surface area contributed by atoms with Crippen molar-refractivity contribution in [2.75, 3.05) is 5.73 Å². The van der Waals surface area contributed by atoms with E-state index in [2.05, 4.69) is 18.2 Å². The highest BCUT2D eigenvalue weighted by Gasteiger charge is 2.34. The Morgan fingerprint density at radius 1 is 1.53 bits per heavy atom. The molecule has 3 N–H and O–H groups in total. The Labute approximate surface area is 108 Å². The molecule has 4 nitrogen and oxygen atoms in total. The van der Waals surface area contributed by atoms with Crippen LogP contribution in [0.4, 0.5) is 20.2 Å². The van der Waals surface area contributed by atoms with Crippen molar-refractivity contribution in [2.45, 2.75) is 5.92 Å². The second-order valence-electron chi connectivity index (χ2n) is 3.62. The minimum absolute atomic E-state index is 0.0502. The third kappa shape index (κ3) is 3.16. The van der Waals surface area contributed by atoms with Crippen LogP contribution in [0.5, 0.6) is 0 Å². The quantitative estimate of drug-likeness (QED) is 0.379. The predicted molar refractivity (Wildman–Crippen MR) is 69.6 cm³/mol. The topological polar surface area (TPSA) is 82.4 Å². The molecule has 0 aliphatic heterocycles. The number of nitriles is 1. The second-order valence-corrected chi connectivity index (χ2v) is 3.62. The molecule has 19 heavy (non-hydrogen) atoms. The highest BCUT2D eigenvalue weighted by molar-refractivity contribution is 6.06. The van der Waals surface area contributed by atoms with Crippen LogP contribution in [-0.2, 0) is 0 Å². The van der Waals surface area contributed by atoms with Crippen LogP contribution in [0, 0.1) is 11.3 Å². The average Bonchev–Trinajstić information content (AvgIpc) is 2.37. The van der Waals surface area contributed by atoms with Crippen LogP contribution in [0.2, 0.25) is 0 Å². The van der Waals surface area contributed by atoms with Crippen LogP contribution in [0.15, 0.2) is 48.2 Å². The Morgan fingerprint density at radius 3 is 2.63 bits per heavy atom. The van der Waals surface area contributed by atoms with Crippen molar-refractivity contribution in [3.8, 4) is 6.07 Å². The fraction of sp³-hybridized carbons (Fsp3) is 0.0769. The van der Waals surface area contributed by atoms with Gasteiger partial charge in [0.1, 0.15) is 5.76 Å². The molecule has 1 rings (SSSR count). The number of nitrogens with two attached hydrogens (primary N) is 1. The Morgan fingerprint density at radius 2 is 2.16 bits per heavy atom. The zero-order valence-electron chi connectivity index (χ0n) is 9.90. The third-order valence-electron chi connectivity index (χ3n) is 2.24. The molecule has 1 aromatic rings. The van der Waals surface area contributed by atoms with Gasteiger partial charge in [0.25, 0.3) is 0 Å². The van der Waals surface area contributed by atoms with Crippen LogP contribution < -0.4 is 5.73 Å². The minimum atomic E-state index is -3.55. The van der Waals surface area contributed by atoms with Crippen LogP contribution in [0.1, 0.15) is 5.56 Å². The molecule has 0 radical (unpaired) electrons. The zero-order valence-corrected chi connectivity index (χ0v) is 9.90. The molecule has 98 valence electrons. The van der Waals surface area contributed by atoms with E-state index in [9.17, 15) is 13.9 Å². The molecule has 1 aromatic carbocycles. The molecule has 6 heteroatoms. The Balaban J connectivity index is 3.43. The van der Waals surface area contributed by atoms with Crippen molar-refractivity contribution >= 4 is 17.1 Å². The van der Waals surface area contributed by atoms with Gasteiger partial charge < -0.3 is 10.8 Å². The molecule has 0 atom stereocenters. The fourth-order valence-electron chi connectivity index (χ4n) is 1.26. The van der Waals surface area contributed by atoms with E-state index in [0.29, 0.717) is 6.08 Å². The van der Waals surface area contributed by atoms with Crippen molar-refractivity contribution in [3.63, 3.8) is 0 Å². The molecule has 0 spiro atoms. The third-order valence-corrected chi connectivity index (χ3v) is 2.24. The van der Waals surface area contributed by atoms with Gasteiger partial charge in [-0.15, -0.1) is 0 Å². The van der Waals surface area contributed by atoms with Crippen LogP contribution in [0.25, 0.3) is 0 Å². The molecule has 0 aliphatic carbocycles. The monoisotopic (exact) mass is 263 g/mol. The number of aliphatic hydroxyl groups excluding tert-OH is 1. The summed E-state index contributed by atoms with van der Waals surface area (Å²) in [4.78, 5) is 3.58. The maximum absolute atomic E-state index is 13.5. The van der Waals surface area contributed by atoms with Gasteiger partial charge in [0, 0.05) is 0 Å². The van der Waals surface area contributed by atoms with E-state index in [1.165, 1.54) is 18.2 Å². The predicted octanol–water partition coefficient (Wildman–Crippen LogP) is 3.11. The van der Waals surface area contributed by atoms with Crippen LogP contribution in [0.3, 0.4) is 0 Å². The zero-order chi connectivity index (χ0) is 14.6. The lowest BCUT2D eigenvalue weighted by Crippen LogP contribution is -2.27. The first-order valence-electron chi connectivity index (χ1n) is 5.10. The molecule has 0 aromatic heterocycles. The SMILES string of the molecule is C=CC(F)(F)C(=Nc1cc(C#N)ccc1N)C(=C)O. The summed E-state index contributed by atoms with van der Waals surface area (Å²) < 4.78 is 27.0. The average molecular weight is 263 g/mol. The van der Waals surface area contributed by atoms with E-state index in [1.54, 1.807) is 0 Å². The second kappa shape index (κ2) is 5.31. The lowest BCUT2D eigenvalue weighted by Gasteiger charge is -2.14. The standard InChI is InChI=1S/C13H11F2N3O/c1-3-13(14,15)12(8(2)19)18-11-6-9(7-16)4-5-10(11)17/h3-6,19H,1-2,17H2.